The van der Waals surface area contributed by atoms with Gasteiger partial charge in [0.25, 0.3) is 0 Å². The highest BCUT2D eigenvalue weighted by molar-refractivity contribution is 5.41. The van der Waals surface area contributed by atoms with Gasteiger partial charge in [-0.3, -0.25) is 0 Å². The average molecular weight is 252 g/mol. The first kappa shape index (κ1) is 12.3. The van der Waals surface area contributed by atoms with E-state index >= 15 is 0 Å². The van der Waals surface area contributed by atoms with Crippen molar-refractivity contribution in [1.82, 2.24) is 0 Å². The molecule has 0 radical (unpaired) electrons. The largest absolute Gasteiger partial charge is 0.493 e. The minimum absolute atomic E-state index is 0.764. The summed E-state index contributed by atoms with van der Waals surface area (Å²) in [5.41, 5.74) is 4.28. The van der Waals surface area contributed by atoms with Gasteiger partial charge in [0.2, 0.25) is 0 Å². The molecule has 2 aromatic rings. The van der Waals surface area contributed by atoms with E-state index in [1.807, 2.05) is 0 Å². The van der Waals surface area contributed by atoms with Gasteiger partial charge in [-0.15, -0.1) is 0 Å². The molecule has 0 amide bonds. The van der Waals surface area contributed by atoms with E-state index in [9.17, 15) is 0 Å². The fourth-order valence-electron chi connectivity index (χ4n) is 2.81. The summed E-state index contributed by atoms with van der Waals surface area (Å²) in [6, 6.07) is 17.0. The van der Waals surface area contributed by atoms with Crippen molar-refractivity contribution >= 4 is 0 Å². The van der Waals surface area contributed by atoms with Crippen LogP contribution in [-0.4, -0.2) is 6.61 Å². The lowest BCUT2D eigenvalue weighted by molar-refractivity contribution is 0.317. The third-order valence-electron chi connectivity index (χ3n) is 3.84. The number of ether oxygens (including phenoxy) is 1. The van der Waals surface area contributed by atoms with Gasteiger partial charge in [0, 0.05) is 6.42 Å². The van der Waals surface area contributed by atoms with Crippen LogP contribution >= 0.6 is 0 Å². The van der Waals surface area contributed by atoms with Gasteiger partial charge in [-0.1, -0.05) is 42.5 Å². The Hall–Kier alpha value is -1.76. The quantitative estimate of drug-likeness (QED) is 0.793. The van der Waals surface area contributed by atoms with E-state index in [1.54, 1.807) is 0 Å². The fraction of sp³-hybridized carbons (Fsp3) is 0.333. The summed E-state index contributed by atoms with van der Waals surface area (Å²) < 4.78 is 6.01. The van der Waals surface area contributed by atoms with Crippen LogP contribution in [0.2, 0.25) is 0 Å². The van der Waals surface area contributed by atoms with E-state index in [2.05, 4.69) is 48.5 Å². The molecule has 19 heavy (non-hydrogen) atoms. The second kappa shape index (κ2) is 5.92. The monoisotopic (exact) mass is 252 g/mol. The lowest BCUT2D eigenvalue weighted by atomic mass is 9.91. The van der Waals surface area contributed by atoms with Crippen LogP contribution in [0.5, 0.6) is 5.75 Å². The second-order valence-electron chi connectivity index (χ2n) is 5.18. The minimum Gasteiger partial charge on any atom is -0.493 e. The summed E-state index contributed by atoms with van der Waals surface area (Å²) in [5, 5.41) is 0. The zero-order chi connectivity index (χ0) is 12.9. The highest BCUT2D eigenvalue weighted by Crippen LogP contribution is 2.29. The van der Waals surface area contributed by atoms with E-state index in [0.717, 1.165) is 18.8 Å². The number of rotatable bonds is 4. The van der Waals surface area contributed by atoms with Crippen LogP contribution in [-0.2, 0) is 19.3 Å². The van der Waals surface area contributed by atoms with Crippen LogP contribution in [0.1, 0.15) is 29.5 Å². The fourth-order valence-corrected chi connectivity index (χ4v) is 2.81. The molecule has 0 fully saturated rings. The summed E-state index contributed by atoms with van der Waals surface area (Å²) in [4.78, 5) is 0. The predicted octanol–water partition coefficient (Wildman–Crippen LogP) is 4.19. The molecule has 1 nitrogen and oxygen atoms in total. The first-order chi connectivity index (χ1) is 9.43. The Kier molecular flexibility index (Phi) is 3.83. The van der Waals surface area contributed by atoms with Gasteiger partial charge in [0.05, 0.1) is 6.61 Å². The zero-order valence-electron chi connectivity index (χ0n) is 11.3. The summed E-state index contributed by atoms with van der Waals surface area (Å²) >= 11 is 0. The molecule has 0 aliphatic heterocycles. The molecule has 0 bridgehead atoms. The van der Waals surface area contributed by atoms with Gasteiger partial charge in [-0.05, 0) is 48.4 Å². The van der Waals surface area contributed by atoms with Crippen molar-refractivity contribution in [2.45, 2.75) is 32.1 Å². The van der Waals surface area contributed by atoms with Crippen molar-refractivity contribution in [3.8, 4) is 5.75 Å². The molecule has 0 spiro atoms. The zero-order valence-corrected chi connectivity index (χ0v) is 11.3. The molecular formula is C18H20O. The smallest absolute Gasteiger partial charge is 0.122 e. The molecular weight excluding hydrogens is 232 g/mol. The first-order valence-corrected chi connectivity index (χ1v) is 7.21. The van der Waals surface area contributed by atoms with Crippen LogP contribution in [0, 0.1) is 0 Å². The van der Waals surface area contributed by atoms with Crippen LogP contribution in [0.4, 0.5) is 0 Å². The number of fused-ring (bicyclic) bond motifs is 1. The Labute approximate surface area is 115 Å². The van der Waals surface area contributed by atoms with Crippen LogP contribution in [0.15, 0.2) is 48.5 Å². The third kappa shape index (κ3) is 2.98. The van der Waals surface area contributed by atoms with Gasteiger partial charge < -0.3 is 4.74 Å². The van der Waals surface area contributed by atoms with Crippen LogP contribution in [0.25, 0.3) is 0 Å². The molecule has 0 saturated heterocycles. The topological polar surface area (TPSA) is 9.23 Å². The molecule has 0 N–H and O–H groups in total. The Balaban J connectivity index is 1.64. The maximum atomic E-state index is 6.01. The van der Waals surface area contributed by atoms with Crippen molar-refractivity contribution in [1.29, 1.82) is 0 Å². The molecule has 1 heteroatoms. The molecule has 0 heterocycles. The van der Waals surface area contributed by atoms with E-state index in [1.165, 1.54) is 42.4 Å². The summed E-state index contributed by atoms with van der Waals surface area (Å²) in [6.45, 7) is 0.764. The van der Waals surface area contributed by atoms with Gasteiger partial charge in [0.15, 0.2) is 0 Å². The molecule has 0 unspecified atom stereocenters. The molecule has 1 aliphatic rings. The Morgan fingerprint density at radius 1 is 0.842 bits per heavy atom. The highest BCUT2D eigenvalue weighted by atomic mass is 16.5. The first-order valence-electron chi connectivity index (χ1n) is 7.21. The number of benzene rings is 2. The SMILES string of the molecule is c1ccc(CCOc2cccc3c2CCCC3)cc1. The maximum Gasteiger partial charge on any atom is 0.122 e. The van der Waals surface area contributed by atoms with E-state index in [-0.39, 0.29) is 0 Å². The molecule has 0 saturated carbocycles. The highest BCUT2D eigenvalue weighted by Gasteiger charge is 2.13. The molecule has 0 aromatic heterocycles. The molecule has 0 atom stereocenters. The average Bonchev–Trinajstić information content (AvgIpc) is 2.49. The van der Waals surface area contributed by atoms with Crippen LogP contribution < -0.4 is 4.74 Å². The number of hydrogen-bond donors (Lipinski definition) is 0. The van der Waals surface area contributed by atoms with Crippen molar-refractivity contribution in [3.05, 3.63) is 65.2 Å². The van der Waals surface area contributed by atoms with Crippen LogP contribution in [0.3, 0.4) is 0 Å². The van der Waals surface area contributed by atoms with E-state index in [4.69, 9.17) is 4.74 Å². The van der Waals surface area contributed by atoms with Crippen molar-refractivity contribution < 1.29 is 4.74 Å². The summed E-state index contributed by atoms with van der Waals surface area (Å²) in [5.74, 6) is 1.10. The molecule has 2 aromatic carbocycles. The van der Waals surface area contributed by atoms with Crippen molar-refractivity contribution in [2.24, 2.45) is 0 Å². The lowest BCUT2D eigenvalue weighted by Gasteiger charge is -2.19. The lowest BCUT2D eigenvalue weighted by Crippen LogP contribution is -2.08. The number of hydrogen-bond acceptors (Lipinski definition) is 1. The normalized spacial score (nSPS) is 13.9. The predicted molar refractivity (Wildman–Crippen MR) is 78.7 cm³/mol. The summed E-state index contributed by atoms with van der Waals surface area (Å²) in [6.07, 6.45) is 5.99. The Morgan fingerprint density at radius 2 is 1.68 bits per heavy atom. The standard InChI is InChI=1S/C18H20O/c1-2-7-15(8-3-1)13-14-19-18-12-6-10-16-9-4-5-11-17(16)18/h1-3,6-8,10,12H,4-5,9,11,13-14H2. The minimum atomic E-state index is 0.764. The van der Waals surface area contributed by atoms with Crippen molar-refractivity contribution in [2.75, 3.05) is 6.61 Å². The molecule has 98 valence electrons. The molecule has 1 aliphatic carbocycles. The van der Waals surface area contributed by atoms with Crippen molar-refractivity contribution in [3.63, 3.8) is 0 Å². The third-order valence-corrected chi connectivity index (χ3v) is 3.84. The number of aryl methyl sites for hydroxylation is 1. The second-order valence-corrected chi connectivity index (χ2v) is 5.18. The van der Waals surface area contributed by atoms with Gasteiger partial charge in [-0.2, -0.15) is 0 Å². The van der Waals surface area contributed by atoms with Gasteiger partial charge in [0.1, 0.15) is 5.75 Å². The molecule has 3 rings (SSSR count). The van der Waals surface area contributed by atoms with E-state index in [0.29, 0.717) is 0 Å². The maximum absolute atomic E-state index is 6.01. The Morgan fingerprint density at radius 3 is 2.58 bits per heavy atom. The van der Waals surface area contributed by atoms with Gasteiger partial charge in [-0.25, -0.2) is 0 Å². The van der Waals surface area contributed by atoms with Gasteiger partial charge >= 0.3 is 0 Å². The Bertz CT molecular complexity index is 531. The van der Waals surface area contributed by atoms with E-state index < -0.39 is 0 Å². The summed E-state index contributed by atoms with van der Waals surface area (Å²) in [7, 11) is 0.